The summed E-state index contributed by atoms with van der Waals surface area (Å²) in [5.41, 5.74) is -3.68. The number of carbonyl (C=O) groups excluding carboxylic acids is 3. The third-order valence-corrected chi connectivity index (χ3v) is 9.56. The molecule has 4 aliphatic rings. The molecule has 0 aliphatic heterocycles. The number of aliphatic hydroxyl groups is 2. The first kappa shape index (κ1) is 24.9. The highest BCUT2D eigenvalue weighted by atomic mass is 16.5. The van der Waals surface area contributed by atoms with Gasteiger partial charge in [0.15, 0.2) is 5.78 Å². The van der Waals surface area contributed by atoms with Crippen LogP contribution in [0.15, 0.2) is 53.6 Å². The predicted octanol–water partition coefficient (Wildman–Crippen LogP) is 3.39. The molecular weight excluding hydrogens is 460 g/mol. The maximum absolute atomic E-state index is 13.7. The van der Waals surface area contributed by atoms with Crippen molar-refractivity contribution in [2.45, 2.75) is 58.7 Å². The summed E-state index contributed by atoms with van der Waals surface area (Å²) in [6.07, 6.45) is 3.87. The van der Waals surface area contributed by atoms with Crippen LogP contribution < -0.4 is 4.74 Å². The number of para-hydroxylation sites is 1. The summed E-state index contributed by atoms with van der Waals surface area (Å²) in [5, 5.41) is 24.2. The lowest BCUT2D eigenvalue weighted by molar-refractivity contribution is -0.177. The number of Topliss-reactive ketones (excluding diaryl/α,β-unsaturated/α-hetero) is 1. The molecule has 192 valence electrons. The summed E-state index contributed by atoms with van der Waals surface area (Å²) in [6, 6.07) is 8.94. The number of benzene rings is 1. The fourth-order valence-corrected chi connectivity index (χ4v) is 7.79. The molecule has 2 saturated carbocycles. The van der Waals surface area contributed by atoms with E-state index in [1.54, 1.807) is 37.3 Å². The molecular formula is C29H34O7. The first-order valence-corrected chi connectivity index (χ1v) is 12.6. The zero-order chi connectivity index (χ0) is 26.3. The normalized spacial score (nSPS) is 40.0. The molecule has 0 heterocycles. The molecule has 2 fully saturated rings. The van der Waals surface area contributed by atoms with Gasteiger partial charge in [0.2, 0.25) is 0 Å². The SMILES string of the molecule is CC(=O)OCC1=CC2C3C(C)(C)C3(C(=O)Oc3ccccc3)CC(C)C2(O)C2C=C(C)C(=O)C2(O)C1. The quantitative estimate of drug-likeness (QED) is 0.375. The van der Waals surface area contributed by atoms with Gasteiger partial charge in [0, 0.05) is 25.2 Å². The number of fused-ring (bicyclic) bond motifs is 5. The number of esters is 2. The zero-order valence-electron chi connectivity index (χ0n) is 21.4. The van der Waals surface area contributed by atoms with Gasteiger partial charge in [0.1, 0.15) is 18.0 Å². The van der Waals surface area contributed by atoms with Gasteiger partial charge < -0.3 is 19.7 Å². The van der Waals surface area contributed by atoms with Gasteiger partial charge in [-0.15, -0.1) is 0 Å². The molecule has 0 aromatic heterocycles. The standard InChI is InChI=1S/C29H34O7/c1-16-11-22-28(33,24(16)31)14-19(15-35-18(3)30)12-21-23-26(4,5)27(23,13-17(2)29(21,22)34)25(32)36-20-9-7-6-8-10-20/h6-12,17,21-23,33-34H,13-15H2,1-5H3. The fourth-order valence-electron chi connectivity index (χ4n) is 7.79. The van der Waals surface area contributed by atoms with Crippen LogP contribution in [0.25, 0.3) is 0 Å². The average molecular weight is 495 g/mol. The minimum Gasteiger partial charge on any atom is -0.461 e. The second kappa shape index (κ2) is 7.86. The summed E-state index contributed by atoms with van der Waals surface area (Å²) < 4.78 is 11.1. The van der Waals surface area contributed by atoms with Crippen molar-refractivity contribution in [1.29, 1.82) is 0 Å². The molecule has 7 heteroatoms. The number of ether oxygens (including phenoxy) is 2. The van der Waals surface area contributed by atoms with Crippen LogP contribution >= 0.6 is 0 Å². The van der Waals surface area contributed by atoms with Gasteiger partial charge >= 0.3 is 11.9 Å². The van der Waals surface area contributed by atoms with E-state index in [0.717, 1.165) is 0 Å². The molecule has 7 nitrogen and oxygen atoms in total. The number of ketones is 1. The van der Waals surface area contributed by atoms with E-state index in [-0.39, 0.29) is 24.9 Å². The van der Waals surface area contributed by atoms with Crippen LogP contribution in [0.1, 0.15) is 47.5 Å². The highest BCUT2D eigenvalue weighted by Gasteiger charge is 2.84. The Morgan fingerprint density at radius 1 is 1.11 bits per heavy atom. The molecule has 1 aromatic carbocycles. The largest absolute Gasteiger partial charge is 0.461 e. The Hall–Kier alpha value is -2.77. The van der Waals surface area contributed by atoms with Crippen molar-refractivity contribution in [3.05, 3.63) is 53.6 Å². The second-order valence-electron chi connectivity index (χ2n) is 11.8. The van der Waals surface area contributed by atoms with E-state index >= 15 is 0 Å². The fraction of sp³-hybridized carbons (Fsp3) is 0.552. The Labute approximate surface area is 211 Å². The van der Waals surface area contributed by atoms with Crippen molar-refractivity contribution in [1.82, 2.24) is 0 Å². The molecule has 0 radical (unpaired) electrons. The van der Waals surface area contributed by atoms with E-state index in [2.05, 4.69) is 0 Å². The van der Waals surface area contributed by atoms with Gasteiger partial charge in [-0.3, -0.25) is 14.4 Å². The topological polar surface area (TPSA) is 110 Å². The van der Waals surface area contributed by atoms with Crippen LogP contribution in [-0.2, 0) is 19.1 Å². The smallest absolute Gasteiger partial charge is 0.318 e. The number of carbonyl (C=O) groups is 3. The van der Waals surface area contributed by atoms with Gasteiger partial charge in [-0.1, -0.05) is 51.1 Å². The Morgan fingerprint density at radius 2 is 1.78 bits per heavy atom. The minimum atomic E-state index is -1.84. The first-order valence-electron chi connectivity index (χ1n) is 12.6. The van der Waals surface area contributed by atoms with Crippen molar-refractivity contribution >= 4 is 17.7 Å². The van der Waals surface area contributed by atoms with Crippen molar-refractivity contribution in [3.8, 4) is 5.75 Å². The highest BCUT2D eigenvalue weighted by Crippen LogP contribution is 2.80. The average Bonchev–Trinajstić information content (AvgIpc) is 3.26. The van der Waals surface area contributed by atoms with E-state index in [4.69, 9.17) is 9.47 Å². The Kier molecular flexibility index (Phi) is 5.44. The summed E-state index contributed by atoms with van der Waals surface area (Å²) >= 11 is 0. The molecule has 0 amide bonds. The maximum Gasteiger partial charge on any atom is 0.318 e. The molecule has 0 spiro atoms. The van der Waals surface area contributed by atoms with Crippen LogP contribution in [0.4, 0.5) is 0 Å². The van der Waals surface area contributed by atoms with Crippen LogP contribution in [0, 0.1) is 34.5 Å². The second-order valence-corrected chi connectivity index (χ2v) is 11.8. The number of hydrogen-bond acceptors (Lipinski definition) is 7. The minimum absolute atomic E-state index is 0.0439. The van der Waals surface area contributed by atoms with Crippen LogP contribution in [0.5, 0.6) is 5.75 Å². The molecule has 2 N–H and O–H groups in total. The number of hydrogen-bond donors (Lipinski definition) is 2. The molecule has 0 bridgehead atoms. The molecule has 4 aliphatic carbocycles. The van der Waals surface area contributed by atoms with Gasteiger partial charge in [0.25, 0.3) is 0 Å². The summed E-state index contributed by atoms with van der Waals surface area (Å²) in [6.45, 7) is 8.77. The summed E-state index contributed by atoms with van der Waals surface area (Å²) in [5.74, 6) is -2.88. The molecule has 36 heavy (non-hydrogen) atoms. The summed E-state index contributed by atoms with van der Waals surface area (Å²) in [7, 11) is 0. The van der Waals surface area contributed by atoms with Gasteiger partial charge in [-0.25, -0.2) is 0 Å². The van der Waals surface area contributed by atoms with Crippen LogP contribution in [0.2, 0.25) is 0 Å². The van der Waals surface area contributed by atoms with Gasteiger partial charge in [-0.05, 0) is 53.9 Å². The van der Waals surface area contributed by atoms with E-state index in [1.807, 2.05) is 32.9 Å². The Balaban J connectivity index is 1.61. The van der Waals surface area contributed by atoms with Gasteiger partial charge in [-0.2, -0.15) is 0 Å². The molecule has 1 aromatic rings. The maximum atomic E-state index is 13.7. The lowest BCUT2D eigenvalue weighted by Gasteiger charge is -2.50. The zero-order valence-corrected chi connectivity index (χ0v) is 21.4. The molecule has 7 atom stereocenters. The first-order chi connectivity index (χ1) is 16.8. The van der Waals surface area contributed by atoms with E-state index in [9.17, 15) is 24.6 Å². The third kappa shape index (κ3) is 3.15. The van der Waals surface area contributed by atoms with Crippen molar-refractivity contribution in [2.75, 3.05) is 6.61 Å². The van der Waals surface area contributed by atoms with E-state index in [0.29, 0.717) is 23.3 Å². The highest BCUT2D eigenvalue weighted by molar-refractivity contribution is 6.05. The van der Waals surface area contributed by atoms with Crippen molar-refractivity contribution in [3.63, 3.8) is 0 Å². The molecule has 7 unspecified atom stereocenters. The Bertz CT molecular complexity index is 1200. The van der Waals surface area contributed by atoms with Crippen LogP contribution in [-0.4, -0.2) is 45.7 Å². The van der Waals surface area contributed by atoms with E-state index < -0.39 is 51.5 Å². The monoisotopic (exact) mass is 494 g/mol. The van der Waals surface area contributed by atoms with Crippen LogP contribution in [0.3, 0.4) is 0 Å². The molecule has 0 saturated heterocycles. The summed E-state index contributed by atoms with van der Waals surface area (Å²) in [4.78, 5) is 38.5. The predicted molar refractivity (Wildman–Crippen MR) is 131 cm³/mol. The third-order valence-electron chi connectivity index (χ3n) is 9.56. The lowest BCUT2D eigenvalue weighted by atomic mass is 9.58. The lowest BCUT2D eigenvalue weighted by Crippen LogP contribution is -2.60. The van der Waals surface area contributed by atoms with Gasteiger partial charge in [0.05, 0.1) is 11.0 Å². The van der Waals surface area contributed by atoms with Crippen molar-refractivity contribution < 1.29 is 34.1 Å². The molecule has 5 rings (SSSR count). The number of rotatable bonds is 4. The van der Waals surface area contributed by atoms with E-state index in [1.165, 1.54) is 6.92 Å². The Morgan fingerprint density at radius 3 is 2.42 bits per heavy atom. The van der Waals surface area contributed by atoms with Crippen molar-refractivity contribution in [2.24, 2.45) is 34.5 Å².